The van der Waals surface area contributed by atoms with Crippen molar-refractivity contribution in [2.45, 2.75) is 4.90 Å². The maximum Gasteiger partial charge on any atom is 0.238 e. The first-order valence-electron chi connectivity index (χ1n) is 5.52. The molecule has 0 heterocycles. The van der Waals surface area contributed by atoms with Crippen LogP contribution in [-0.2, 0) is 10.0 Å². The summed E-state index contributed by atoms with van der Waals surface area (Å²) >= 11 is 0. The Labute approximate surface area is 118 Å². The van der Waals surface area contributed by atoms with E-state index in [1.807, 2.05) is 0 Å². The highest BCUT2D eigenvalue weighted by atomic mass is 32.2. The van der Waals surface area contributed by atoms with Gasteiger partial charge in [-0.1, -0.05) is 0 Å². The van der Waals surface area contributed by atoms with Crippen LogP contribution in [-0.4, -0.2) is 8.42 Å². The molecule has 2 aromatic rings. The van der Waals surface area contributed by atoms with Crippen LogP contribution in [0.3, 0.4) is 0 Å². The fraction of sp³-hybridized carbons (Fsp3) is 0. The largest absolute Gasteiger partial charge is 0.397 e. The Morgan fingerprint density at radius 3 is 2.10 bits per heavy atom. The monoisotopic (exact) mass is 317 g/mol. The topological polar surface area (TPSA) is 98.2 Å². The van der Waals surface area contributed by atoms with E-state index >= 15 is 0 Å². The number of nitrogen functional groups attached to an aromatic ring is 1. The van der Waals surface area contributed by atoms with Crippen molar-refractivity contribution in [3.05, 3.63) is 47.8 Å². The smallest absolute Gasteiger partial charge is 0.238 e. The van der Waals surface area contributed by atoms with Gasteiger partial charge in [0.25, 0.3) is 0 Å². The number of hydrogen-bond donors (Lipinski definition) is 3. The van der Waals surface area contributed by atoms with Crippen LogP contribution in [0.4, 0.5) is 30.2 Å². The molecule has 0 saturated carbocycles. The zero-order valence-electron chi connectivity index (χ0n) is 10.4. The fourth-order valence-electron chi connectivity index (χ4n) is 1.62. The maximum atomic E-state index is 13.5. The average molecular weight is 317 g/mol. The summed E-state index contributed by atoms with van der Waals surface area (Å²) in [5.74, 6) is -3.46. The molecule has 9 heteroatoms. The lowest BCUT2D eigenvalue weighted by molar-refractivity contribution is 0.549. The van der Waals surface area contributed by atoms with Gasteiger partial charge in [-0.15, -0.1) is 0 Å². The van der Waals surface area contributed by atoms with Gasteiger partial charge in [0, 0.05) is 12.1 Å². The normalized spacial score (nSPS) is 11.4. The molecule has 2 rings (SSSR count). The zero-order valence-corrected chi connectivity index (χ0v) is 11.2. The van der Waals surface area contributed by atoms with E-state index in [0.29, 0.717) is 12.1 Å². The van der Waals surface area contributed by atoms with Crippen LogP contribution in [0, 0.1) is 17.5 Å². The molecule has 0 fully saturated rings. The number of rotatable bonds is 3. The molecule has 0 aliphatic carbocycles. The average Bonchev–Trinajstić information content (AvgIpc) is 2.34. The summed E-state index contributed by atoms with van der Waals surface area (Å²) in [6.07, 6.45) is 0. The molecule has 0 unspecified atom stereocenters. The highest BCUT2D eigenvalue weighted by molar-refractivity contribution is 7.89. The van der Waals surface area contributed by atoms with Gasteiger partial charge in [-0.3, -0.25) is 0 Å². The van der Waals surface area contributed by atoms with Crippen molar-refractivity contribution in [3.8, 4) is 0 Å². The summed E-state index contributed by atoms with van der Waals surface area (Å²) in [5.41, 5.74) is 4.89. The van der Waals surface area contributed by atoms with E-state index in [9.17, 15) is 21.6 Å². The molecule has 5 N–H and O–H groups in total. The van der Waals surface area contributed by atoms with Gasteiger partial charge in [0.2, 0.25) is 10.0 Å². The number of hydrogen-bond acceptors (Lipinski definition) is 4. The Kier molecular flexibility index (Phi) is 3.79. The number of primary sulfonamides is 1. The third-order valence-corrected chi connectivity index (χ3v) is 3.53. The van der Waals surface area contributed by atoms with Gasteiger partial charge in [-0.05, 0) is 18.2 Å². The van der Waals surface area contributed by atoms with Crippen LogP contribution in [0.25, 0.3) is 0 Å². The van der Waals surface area contributed by atoms with Crippen LogP contribution in [0.15, 0.2) is 35.2 Å². The second-order valence-corrected chi connectivity index (χ2v) is 5.72. The molecule has 2 aromatic carbocycles. The highest BCUT2D eigenvalue weighted by Crippen LogP contribution is 2.29. The van der Waals surface area contributed by atoms with E-state index in [1.165, 1.54) is 6.07 Å². The summed E-state index contributed by atoms with van der Waals surface area (Å²) in [6.45, 7) is 0. The summed E-state index contributed by atoms with van der Waals surface area (Å²) in [5, 5.41) is 7.24. The second kappa shape index (κ2) is 5.26. The Balaban J connectivity index is 2.50. The first-order chi connectivity index (χ1) is 9.68. The predicted molar refractivity (Wildman–Crippen MR) is 71.8 cm³/mol. The van der Waals surface area contributed by atoms with Crippen LogP contribution < -0.4 is 16.2 Å². The van der Waals surface area contributed by atoms with Gasteiger partial charge in [0.15, 0.2) is 11.6 Å². The molecular formula is C12H10F3N3O2S. The van der Waals surface area contributed by atoms with E-state index in [2.05, 4.69) is 5.32 Å². The number of benzene rings is 2. The van der Waals surface area contributed by atoms with E-state index in [4.69, 9.17) is 10.9 Å². The molecule has 0 bridgehead atoms. The van der Waals surface area contributed by atoms with E-state index in [-0.39, 0.29) is 16.3 Å². The summed E-state index contributed by atoms with van der Waals surface area (Å²) < 4.78 is 62.4. The molecule has 112 valence electrons. The molecule has 21 heavy (non-hydrogen) atoms. The molecule has 0 radical (unpaired) electrons. The standard InChI is InChI=1S/C12H10F3N3O2S/c13-6-3-8(14)12(9(15)4-6)18-11-5-7(21(17,19)20)1-2-10(11)16/h1-5,18H,16H2,(H2,17,19,20). The van der Waals surface area contributed by atoms with Crippen LogP contribution in [0.5, 0.6) is 0 Å². The van der Waals surface area contributed by atoms with Crippen molar-refractivity contribution in [1.82, 2.24) is 0 Å². The molecule has 0 atom stereocenters. The quantitative estimate of drug-likeness (QED) is 0.755. The lowest BCUT2D eigenvalue weighted by Crippen LogP contribution is -2.13. The lowest BCUT2D eigenvalue weighted by Gasteiger charge is -2.12. The molecule has 0 aliphatic heterocycles. The van der Waals surface area contributed by atoms with E-state index in [0.717, 1.165) is 12.1 Å². The van der Waals surface area contributed by atoms with Crippen molar-refractivity contribution in [2.75, 3.05) is 11.1 Å². The highest BCUT2D eigenvalue weighted by Gasteiger charge is 2.15. The molecule has 0 spiro atoms. The molecule has 0 aliphatic rings. The van der Waals surface area contributed by atoms with E-state index in [1.54, 1.807) is 0 Å². The lowest BCUT2D eigenvalue weighted by atomic mass is 10.2. The minimum absolute atomic E-state index is 0.0329. The Morgan fingerprint density at radius 1 is 1.00 bits per heavy atom. The minimum atomic E-state index is -4.00. The third kappa shape index (κ3) is 3.26. The first kappa shape index (κ1) is 15.1. The maximum absolute atomic E-state index is 13.5. The number of nitrogens with one attached hydrogen (secondary N) is 1. The predicted octanol–water partition coefficient (Wildman–Crippen LogP) is 2.08. The molecule has 0 aromatic heterocycles. The van der Waals surface area contributed by atoms with Crippen molar-refractivity contribution in [1.29, 1.82) is 0 Å². The van der Waals surface area contributed by atoms with E-state index < -0.39 is 33.2 Å². The third-order valence-electron chi connectivity index (χ3n) is 2.62. The van der Waals surface area contributed by atoms with Gasteiger partial charge in [0.1, 0.15) is 11.5 Å². The second-order valence-electron chi connectivity index (χ2n) is 4.16. The SMILES string of the molecule is Nc1ccc(S(N)(=O)=O)cc1Nc1c(F)cc(F)cc1F. The van der Waals surface area contributed by atoms with Gasteiger partial charge < -0.3 is 11.1 Å². The van der Waals surface area contributed by atoms with Gasteiger partial charge in [-0.25, -0.2) is 26.7 Å². The number of halogens is 3. The first-order valence-corrected chi connectivity index (χ1v) is 7.07. The molecule has 0 amide bonds. The Hall–Kier alpha value is -2.26. The van der Waals surface area contributed by atoms with Crippen molar-refractivity contribution < 1.29 is 21.6 Å². The number of sulfonamides is 1. The van der Waals surface area contributed by atoms with Gasteiger partial charge in [0.05, 0.1) is 16.3 Å². The van der Waals surface area contributed by atoms with Gasteiger partial charge >= 0.3 is 0 Å². The number of anilines is 3. The van der Waals surface area contributed by atoms with Crippen LogP contribution in [0.2, 0.25) is 0 Å². The van der Waals surface area contributed by atoms with Gasteiger partial charge in [-0.2, -0.15) is 0 Å². The summed E-state index contributed by atoms with van der Waals surface area (Å²) in [6, 6.07) is 4.33. The van der Waals surface area contributed by atoms with Crippen molar-refractivity contribution in [3.63, 3.8) is 0 Å². The molecule has 5 nitrogen and oxygen atoms in total. The minimum Gasteiger partial charge on any atom is -0.397 e. The number of nitrogens with two attached hydrogens (primary N) is 2. The zero-order chi connectivity index (χ0) is 15.8. The van der Waals surface area contributed by atoms with Crippen molar-refractivity contribution >= 4 is 27.1 Å². The summed E-state index contributed by atoms with van der Waals surface area (Å²) in [7, 11) is -4.00. The molecule has 0 saturated heterocycles. The van der Waals surface area contributed by atoms with Crippen LogP contribution >= 0.6 is 0 Å². The fourth-order valence-corrected chi connectivity index (χ4v) is 2.16. The van der Waals surface area contributed by atoms with Crippen LogP contribution in [0.1, 0.15) is 0 Å². The Morgan fingerprint density at radius 2 is 1.57 bits per heavy atom. The molecular weight excluding hydrogens is 307 g/mol. The Bertz CT molecular complexity index is 786. The summed E-state index contributed by atoms with van der Waals surface area (Å²) in [4.78, 5) is -0.290. The van der Waals surface area contributed by atoms with Crippen molar-refractivity contribution in [2.24, 2.45) is 5.14 Å².